The van der Waals surface area contributed by atoms with Crippen LogP contribution in [0.4, 0.5) is 5.69 Å². The monoisotopic (exact) mass is 261 g/mol. The van der Waals surface area contributed by atoms with Gasteiger partial charge in [0.1, 0.15) is 11.9 Å². The van der Waals surface area contributed by atoms with Gasteiger partial charge in [-0.05, 0) is 42.7 Å². The summed E-state index contributed by atoms with van der Waals surface area (Å²) >= 11 is 0. The summed E-state index contributed by atoms with van der Waals surface area (Å²) in [7, 11) is 0. The van der Waals surface area contributed by atoms with Crippen molar-refractivity contribution in [3.05, 3.63) is 34.4 Å². The van der Waals surface area contributed by atoms with E-state index in [2.05, 4.69) is 13.8 Å². The summed E-state index contributed by atoms with van der Waals surface area (Å²) in [6.45, 7) is 4.66. The Labute approximate surface area is 112 Å². The quantitative estimate of drug-likeness (QED) is 0.614. The molecule has 4 nitrogen and oxygen atoms in total. The lowest BCUT2D eigenvalue weighted by molar-refractivity contribution is -0.384. The van der Waals surface area contributed by atoms with Gasteiger partial charge in [-0.3, -0.25) is 10.1 Å². The van der Waals surface area contributed by atoms with Crippen LogP contribution in [0.25, 0.3) is 0 Å². The lowest BCUT2D eigenvalue weighted by Gasteiger charge is -2.59. The number of nitro benzene ring substituents is 1. The van der Waals surface area contributed by atoms with Gasteiger partial charge in [-0.2, -0.15) is 0 Å². The van der Waals surface area contributed by atoms with Crippen LogP contribution in [0.15, 0.2) is 24.3 Å². The Kier molecular flexibility index (Phi) is 2.77. The number of fused-ring (bicyclic) bond motifs is 2. The fourth-order valence-electron chi connectivity index (χ4n) is 3.71. The normalized spacial score (nSPS) is 31.4. The molecule has 102 valence electrons. The summed E-state index contributed by atoms with van der Waals surface area (Å²) in [6, 6.07) is 6.42. The highest BCUT2D eigenvalue weighted by Gasteiger charge is 2.55. The van der Waals surface area contributed by atoms with Crippen molar-refractivity contribution in [3.8, 4) is 5.75 Å². The van der Waals surface area contributed by atoms with Crippen molar-refractivity contribution in [1.29, 1.82) is 0 Å². The Morgan fingerprint density at radius 1 is 1.26 bits per heavy atom. The number of non-ortho nitro benzene ring substituents is 1. The maximum Gasteiger partial charge on any atom is 0.269 e. The smallest absolute Gasteiger partial charge is 0.269 e. The van der Waals surface area contributed by atoms with Gasteiger partial charge in [0, 0.05) is 18.1 Å². The van der Waals surface area contributed by atoms with Crippen molar-refractivity contribution < 1.29 is 9.66 Å². The van der Waals surface area contributed by atoms with Crippen molar-refractivity contribution >= 4 is 5.69 Å². The zero-order valence-corrected chi connectivity index (χ0v) is 11.3. The van der Waals surface area contributed by atoms with Gasteiger partial charge in [0.15, 0.2) is 0 Å². The van der Waals surface area contributed by atoms with Crippen LogP contribution in [0.1, 0.15) is 33.1 Å². The first-order chi connectivity index (χ1) is 8.98. The van der Waals surface area contributed by atoms with Gasteiger partial charge in [-0.15, -0.1) is 0 Å². The second-order valence-electron chi connectivity index (χ2n) is 6.35. The molecule has 0 unspecified atom stereocenters. The third-order valence-corrected chi connectivity index (χ3v) is 5.13. The average molecular weight is 261 g/mol. The van der Waals surface area contributed by atoms with Gasteiger partial charge in [0.05, 0.1) is 4.92 Å². The molecule has 2 bridgehead atoms. The van der Waals surface area contributed by atoms with E-state index in [0.29, 0.717) is 11.3 Å². The molecular formula is C15H19NO3. The summed E-state index contributed by atoms with van der Waals surface area (Å²) in [6.07, 6.45) is 3.88. The number of rotatable bonds is 3. The molecular weight excluding hydrogens is 242 g/mol. The summed E-state index contributed by atoms with van der Waals surface area (Å²) in [5, 5.41) is 10.6. The van der Waals surface area contributed by atoms with E-state index in [1.165, 1.54) is 25.0 Å². The van der Waals surface area contributed by atoms with E-state index in [-0.39, 0.29) is 16.7 Å². The molecule has 0 aliphatic heterocycles. The lowest BCUT2D eigenvalue weighted by Crippen LogP contribution is -2.56. The average Bonchev–Trinajstić information content (AvgIpc) is 2.39. The van der Waals surface area contributed by atoms with Crippen LogP contribution in [-0.4, -0.2) is 11.0 Å². The largest absolute Gasteiger partial charge is 0.490 e. The Morgan fingerprint density at radius 2 is 1.95 bits per heavy atom. The van der Waals surface area contributed by atoms with Crippen LogP contribution in [0.5, 0.6) is 5.75 Å². The standard InChI is InChI=1S/C15H19NO3/c1-15(2)10-3-8-14(13(15)9-10)19-12-6-4-11(5-7-12)16(17)18/h4-7,10,13-14H,3,8-9H2,1-2H3/t10-,13-,14+/m0/s1. The first-order valence-electron chi connectivity index (χ1n) is 6.89. The highest BCUT2D eigenvalue weighted by atomic mass is 16.6. The fraction of sp³-hybridized carbons (Fsp3) is 0.600. The Balaban J connectivity index is 1.70. The summed E-state index contributed by atoms with van der Waals surface area (Å²) in [5.41, 5.74) is 0.504. The third-order valence-electron chi connectivity index (χ3n) is 5.13. The molecule has 4 heteroatoms. The van der Waals surface area contributed by atoms with E-state index in [4.69, 9.17) is 4.74 Å². The van der Waals surface area contributed by atoms with Crippen LogP contribution in [0, 0.1) is 27.4 Å². The van der Waals surface area contributed by atoms with Gasteiger partial charge >= 0.3 is 0 Å². The number of hydrogen-bond donors (Lipinski definition) is 0. The van der Waals surface area contributed by atoms with Gasteiger partial charge in [0.2, 0.25) is 0 Å². The molecule has 3 atom stereocenters. The van der Waals surface area contributed by atoms with Crippen LogP contribution >= 0.6 is 0 Å². The minimum atomic E-state index is -0.385. The maximum absolute atomic E-state index is 10.6. The van der Waals surface area contributed by atoms with Crippen LogP contribution < -0.4 is 4.74 Å². The zero-order chi connectivity index (χ0) is 13.6. The number of hydrogen-bond acceptors (Lipinski definition) is 3. The molecule has 4 rings (SSSR count). The highest BCUT2D eigenvalue weighted by Crippen LogP contribution is 2.59. The Hall–Kier alpha value is -1.58. The second-order valence-corrected chi connectivity index (χ2v) is 6.35. The van der Waals surface area contributed by atoms with E-state index in [0.717, 1.165) is 18.1 Å². The maximum atomic E-state index is 10.6. The number of ether oxygens (including phenoxy) is 1. The first kappa shape index (κ1) is 12.5. The minimum absolute atomic E-state index is 0.111. The molecule has 3 aliphatic carbocycles. The lowest BCUT2D eigenvalue weighted by atomic mass is 9.48. The second kappa shape index (κ2) is 4.22. The van der Waals surface area contributed by atoms with Gasteiger partial charge < -0.3 is 4.74 Å². The van der Waals surface area contributed by atoms with Crippen LogP contribution in [0.3, 0.4) is 0 Å². The topological polar surface area (TPSA) is 52.4 Å². The SMILES string of the molecule is CC1(C)[C@H]2CC[C@@H](Oc3ccc([N+](=O)[O-])cc3)[C@@H]1C2. The van der Waals surface area contributed by atoms with Crippen molar-refractivity contribution in [3.63, 3.8) is 0 Å². The summed E-state index contributed by atoms with van der Waals surface area (Å²) in [5.74, 6) is 2.23. The molecule has 0 radical (unpaired) electrons. The third kappa shape index (κ3) is 1.99. The van der Waals surface area contributed by atoms with Crippen molar-refractivity contribution in [2.75, 3.05) is 0 Å². The summed E-state index contributed by atoms with van der Waals surface area (Å²) in [4.78, 5) is 10.2. The van der Waals surface area contributed by atoms with Crippen LogP contribution in [-0.2, 0) is 0 Å². The molecule has 0 amide bonds. The Morgan fingerprint density at radius 3 is 2.47 bits per heavy atom. The van der Waals surface area contributed by atoms with Gasteiger partial charge in [-0.1, -0.05) is 13.8 Å². The fourth-order valence-corrected chi connectivity index (χ4v) is 3.71. The molecule has 3 fully saturated rings. The zero-order valence-electron chi connectivity index (χ0n) is 11.3. The predicted molar refractivity (Wildman–Crippen MR) is 72.1 cm³/mol. The molecule has 0 spiro atoms. The minimum Gasteiger partial charge on any atom is -0.490 e. The number of nitrogens with zero attached hydrogens (tertiary/aromatic N) is 1. The molecule has 3 saturated carbocycles. The first-order valence-corrected chi connectivity index (χ1v) is 6.89. The van der Waals surface area contributed by atoms with E-state index < -0.39 is 0 Å². The molecule has 3 aliphatic rings. The van der Waals surface area contributed by atoms with Crippen molar-refractivity contribution in [1.82, 2.24) is 0 Å². The highest BCUT2D eigenvalue weighted by molar-refractivity contribution is 5.36. The molecule has 0 heterocycles. The van der Waals surface area contributed by atoms with Crippen molar-refractivity contribution in [2.24, 2.45) is 17.3 Å². The van der Waals surface area contributed by atoms with Crippen molar-refractivity contribution in [2.45, 2.75) is 39.2 Å². The van der Waals surface area contributed by atoms with Gasteiger partial charge in [-0.25, -0.2) is 0 Å². The van der Waals surface area contributed by atoms with Gasteiger partial charge in [0.25, 0.3) is 5.69 Å². The summed E-state index contributed by atoms with van der Waals surface area (Å²) < 4.78 is 6.05. The molecule has 1 aromatic carbocycles. The number of benzene rings is 1. The molecule has 0 aromatic heterocycles. The molecule has 0 saturated heterocycles. The van der Waals surface area contributed by atoms with E-state index in [9.17, 15) is 10.1 Å². The van der Waals surface area contributed by atoms with E-state index in [1.54, 1.807) is 12.1 Å². The van der Waals surface area contributed by atoms with E-state index >= 15 is 0 Å². The number of nitro groups is 1. The molecule has 1 aromatic rings. The predicted octanol–water partition coefficient (Wildman–Crippen LogP) is 3.80. The Bertz CT molecular complexity index is 493. The molecule has 0 N–H and O–H groups in total. The molecule has 19 heavy (non-hydrogen) atoms. The van der Waals surface area contributed by atoms with Crippen LogP contribution in [0.2, 0.25) is 0 Å². The van der Waals surface area contributed by atoms with E-state index in [1.807, 2.05) is 0 Å².